The molecule has 3 heteroatoms. The van der Waals surface area contributed by atoms with E-state index in [2.05, 4.69) is 0 Å². The number of carboxylic acid groups (broad SMARTS) is 1. The number of benzene rings is 1. The smallest absolute Gasteiger partial charge is 0.339 e. The normalized spacial score (nSPS) is 10.4. The first-order chi connectivity index (χ1) is 6.75. The predicted molar refractivity (Wildman–Crippen MR) is 53.5 cm³/mol. The Bertz CT molecular complexity index is 342. The lowest BCUT2D eigenvalue weighted by Gasteiger charge is -2.03. The summed E-state index contributed by atoms with van der Waals surface area (Å²) in [6.45, 7) is 1.98. The van der Waals surface area contributed by atoms with Crippen LogP contribution in [0.5, 0.6) is 5.75 Å². The summed E-state index contributed by atoms with van der Waals surface area (Å²) in [6.07, 6.45) is 4.18. The fourth-order valence-electron chi connectivity index (χ4n) is 0.964. The second-order valence-electron chi connectivity index (χ2n) is 2.70. The summed E-state index contributed by atoms with van der Waals surface area (Å²) in [6, 6.07) is 6.54. The molecule has 0 saturated carbocycles. The maximum Gasteiger partial charge on any atom is 0.339 e. The lowest BCUT2D eigenvalue weighted by Crippen LogP contribution is -1.99. The minimum Gasteiger partial charge on any atom is -0.478 e. The molecule has 0 unspecified atom stereocenters. The highest BCUT2D eigenvalue weighted by Gasteiger charge is 2.08. The van der Waals surface area contributed by atoms with Gasteiger partial charge in [-0.3, -0.25) is 0 Å². The van der Waals surface area contributed by atoms with Crippen LogP contribution in [0.25, 0.3) is 0 Å². The van der Waals surface area contributed by atoms with Crippen LogP contribution in [-0.4, -0.2) is 11.1 Å². The highest BCUT2D eigenvalue weighted by atomic mass is 16.5. The molecule has 1 N–H and O–H groups in total. The zero-order valence-corrected chi connectivity index (χ0v) is 7.93. The van der Waals surface area contributed by atoms with Crippen molar-refractivity contribution in [1.82, 2.24) is 0 Å². The van der Waals surface area contributed by atoms with Crippen LogP contribution < -0.4 is 4.74 Å². The van der Waals surface area contributed by atoms with Crippen LogP contribution in [0.15, 0.2) is 36.6 Å². The van der Waals surface area contributed by atoms with Crippen molar-refractivity contribution in [1.29, 1.82) is 0 Å². The van der Waals surface area contributed by atoms with Crippen molar-refractivity contribution in [3.05, 3.63) is 42.2 Å². The highest BCUT2D eigenvalue weighted by Crippen LogP contribution is 2.17. The van der Waals surface area contributed by atoms with Gasteiger partial charge in [-0.1, -0.05) is 19.1 Å². The molecule has 14 heavy (non-hydrogen) atoms. The monoisotopic (exact) mass is 192 g/mol. The Morgan fingerprint density at radius 2 is 2.21 bits per heavy atom. The number of aromatic carboxylic acids is 1. The quantitative estimate of drug-likeness (QED) is 0.746. The van der Waals surface area contributed by atoms with E-state index in [9.17, 15) is 4.79 Å². The Labute approximate surface area is 82.6 Å². The standard InChI is InChI=1S/C11H12O3/c1-2-3-8-14-10-7-5-4-6-9(10)11(12)13/h3-8H,2H2,1H3,(H,12,13). The van der Waals surface area contributed by atoms with E-state index in [0.717, 1.165) is 6.42 Å². The Balaban J connectivity index is 2.84. The number of carboxylic acids is 1. The van der Waals surface area contributed by atoms with Crippen LogP contribution >= 0.6 is 0 Å². The summed E-state index contributed by atoms with van der Waals surface area (Å²) < 4.78 is 5.18. The molecule has 1 rings (SSSR count). The van der Waals surface area contributed by atoms with E-state index in [-0.39, 0.29) is 5.56 Å². The molecular formula is C11H12O3. The average Bonchev–Trinajstić information content (AvgIpc) is 2.19. The third kappa shape index (κ3) is 2.62. The number of para-hydroxylation sites is 1. The highest BCUT2D eigenvalue weighted by molar-refractivity contribution is 5.90. The molecule has 0 fully saturated rings. The van der Waals surface area contributed by atoms with Crippen molar-refractivity contribution in [3.8, 4) is 5.75 Å². The van der Waals surface area contributed by atoms with E-state index in [1.807, 2.05) is 13.0 Å². The van der Waals surface area contributed by atoms with Crippen molar-refractivity contribution in [3.63, 3.8) is 0 Å². The molecule has 1 aromatic carbocycles. The van der Waals surface area contributed by atoms with Crippen LogP contribution in [0.3, 0.4) is 0 Å². The number of carbonyl (C=O) groups is 1. The van der Waals surface area contributed by atoms with E-state index in [1.54, 1.807) is 18.2 Å². The van der Waals surface area contributed by atoms with E-state index < -0.39 is 5.97 Å². The molecular weight excluding hydrogens is 180 g/mol. The maximum absolute atomic E-state index is 10.8. The molecule has 0 amide bonds. The van der Waals surface area contributed by atoms with Gasteiger partial charge in [0.1, 0.15) is 11.3 Å². The fraction of sp³-hybridized carbons (Fsp3) is 0.182. The molecule has 0 aliphatic rings. The van der Waals surface area contributed by atoms with Gasteiger partial charge in [0.15, 0.2) is 0 Å². The summed E-state index contributed by atoms with van der Waals surface area (Å²) in [4.78, 5) is 10.8. The minimum atomic E-state index is -0.981. The van der Waals surface area contributed by atoms with Crippen LogP contribution in [0.4, 0.5) is 0 Å². The van der Waals surface area contributed by atoms with Gasteiger partial charge in [0.2, 0.25) is 0 Å². The zero-order chi connectivity index (χ0) is 10.4. The Morgan fingerprint density at radius 1 is 1.50 bits per heavy atom. The maximum atomic E-state index is 10.8. The Kier molecular flexibility index (Phi) is 3.73. The van der Waals surface area contributed by atoms with Crippen molar-refractivity contribution in [2.45, 2.75) is 13.3 Å². The molecule has 1 aromatic rings. The molecule has 0 radical (unpaired) electrons. The van der Waals surface area contributed by atoms with Gasteiger partial charge in [0.25, 0.3) is 0 Å². The van der Waals surface area contributed by atoms with Gasteiger partial charge < -0.3 is 9.84 Å². The minimum absolute atomic E-state index is 0.174. The van der Waals surface area contributed by atoms with E-state index in [4.69, 9.17) is 9.84 Å². The van der Waals surface area contributed by atoms with Gasteiger partial charge in [-0.25, -0.2) is 4.79 Å². The fourth-order valence-corrected chi connectivity index (χ4v) is 0.964. The molecule has 0 heterocycles. The summed E-state index contributed by atoms with van der Waals surface area (Å²) in [5, 5.41) is 8.82. The van der Waals surface area contributed by atoms with Gasteiger partial charge >= 0.3 is 5.97 Å². The second-order valence-corrected chi connectivity index (χ2v) is 2.70. The first kappa shape index (κ1) is 10.3. The molecule has 0 aromatic heterocycles. The number of hydrogen-bond donors (Lipinski definition) is 1. The molecule has 0 saturated heterocycles. The molecule has 0 bridgehead atoms. The zero-order valence-electron chi connectivity index (χ0n) is 7.93. The van der Waals surface area contributed by atoms with Crippen LogP contribution in [0, 0.1) is 0 Å². The summed E-state index contributed by atoms with van der Waals surface area (Å²) in [5.74, 6) is -0.616. The van der Waals surface area contributed by atoms with Crippen molar-refractivity contribution < 1.29 is 14.6 Å². The Hall–Kier alpha value is -1.77. The van der Waals surface area contributed by atoms with Gasteiger partial charge in [0, 0.05) is 0 Å². The number of allylic oxidation sites excluding steroid dienone is 1. The van der Waals surface area contributed by atoms with Crippen molar-refractivity contribution in [2.75, 3.05) is 0 Å². The number of ether oxygens (including phenoxy) is 1. The molecule has 0 spiro atoms. The van der Waals surface area contributed by atoms with E-state index in [0.29, 0.717) is 5.75 Å². The summed E-state index contributed by atoms with van der Waals surface area (Å²) in [7, 11) is 0. The van der Waals surface area contributed by atoms with E-state index in [1.165, 1.54) is 12.3 Å². The Morgan fingerprint density at radius 3 is 2.86 bits per heavy atom. The summed E-state index contributed by atoms with van der Waals surface area (Å²) in [5.41, 5.74) is 0.174. The lowest BCUT2D eigenvalue weighted by molar-refractivity contribution is 0.0694. The molecule has 0 aliphatic carbocycles. The SMILES string of the molecule is CCC=COc1ccccc1C(=O)O. The molecule has 0 atom stereocenters. The van der Waals surface area contributed by atoms with Gasteiger partial charge in [-0.15, -0.1) is 0 Å². The summed E-state index contributed by atoms with van der Waals surface area (Å²) >= 11 is 0. The third-order valence-corrected chi connectivity index (χ3v) is 1.64. The van der Waals surface area contributed by atoms with E-state index >= 15 is 0 Å². The second kappa shape index (κ2) is 5.07. The first-order valence-electron chi connectivity index (χ1n) is 4.39. The predicted octanol–water partition coefficient (Wildman–Crippen LogP) is 2.69. The first-order valence-corrected chi connectivity index (χ1v) is 4.39. The van der Waals surface area contributed by atoms with Gasteiger partial charge in [0.05, 0.1) is 6.26 Å². The molecule has 0 aliphatic heterocycles. The van der Waals surface area contributed by atoms with Gasteiger partial charge in [-0.2, -0.15) is 0 Å². The average molecular weight is 192 g/mol. The van der Waals surface area contributed by atoms with Crippen LogP contribution in [0.1, 0.15) is 23.7 Å². The third-order valence-electron chi connectivity index (χ3n) is 1.64. The number of hydrogen-bond acceptors (Lipinski definition) is 2. The lowest BCUT2D eigenvalue weighted by atomic mass is 10.2. The number of rotatable bonds is 4. The topological polar surface area (TPSA) is 46.5 Å². The molecule has 74 valence electrons. The van der Waals surface area contributed by atoms with Gasteiger partial charge in [-0.05, 0) is 24.6 Å². The van der Waals surface area contributed by atoms with Crippen LogP contribution in [0.2, 0.25) is 0 Å². The van der Waals surface area contributed by atoms with Crippen LogP contribution in [-0.2, 0) is 0 Å². The van der Waals surface area contributed by atoms with Crippen molar-refractivity contribution in [2.24, 2.45) is 0 Å². The molecule has 3 nitrogen and oxygen atoms in total. The largest absolute Gasteiger partial charge is 0.478 e. The van der Waals surface area contributed by atoms with Crippen molar-refractivity contribution >= 4 is 5.97 Å².